The fraction of sp³-hybridized carbons (Fsp3) is 0.0667. The maximum atomic E-state index is 12.0. The first-order valence-corrected chi connectivity index (χ1v) is 5.91. The Morgan fingerprint density at radius 3 is 2.47 bits per heavy atom. The first-order valence-electron chi connectivity index (χ1n) is 5.91. The van der Waals surface area contributed by atoms with Gasteiger partial charge in [-0.25, -0.2) is 4.79 Å². The molecule has 1 aliphatic rings. The van der Waals surface area contributed by atoms with Crippen molar-refractivity contribution < 1.29 is 14.3 Å². The van der Waals surface area contributed by atoms with E-state index >= 15 is 0 Å². The molecule has 4 heteroatoms. The van der Waals surface area contributed by atoms with E-state index in [1.807, 2.05) is 12.1 Å². The molecule has 1 amide bonds. The van der Waals surface area contributed by atoms with E-state index in [4.69, 9.17) is 4.74 Å². The third kappa shape index (κ3) is 2.08. The van der Waals surface area contributed by atoms with Crippen LogP contribution in [0.3, 0.4) is 0 Å². The summed E-state index contributed by atoms with van der Waals surface area (Å²) in [5.74, 6) is -0.677. The molecule has 0 aromatic heterocycles. The molecule has 0 radical (unpaired) electrons. The number of carbonyl (C=O) groups is 2. The predicted octanol–water partition coefficient (Wildman–Crippen LogP) is 2.29. The van der Waals surface area contributed by atoms with Gasteiger partial charge >= 0.3 is 5.97 Å². The normalized spacial score (nSPS) is 16.6. The summed E-state index contributed by atoms with van der Waals surface area (Å²) < 4.78 is 5.15. The molecule has 0 bridgehead atoms. The molecule has 1 atom stereocenters. The van der Waals surface area contributed by atoms with Crippen LogP contribution in [-0.2, 0) is 4.74 Å². The quantitative estimate of drug-likeness (QED) is 0.835. The topological polar surface area (TPSA) is 55.4 Å². The highest BCUT2D eigenvalue weighted by Gasteiger charge is 2.31. The number of amides is 1. The Morgan fingerprint density at radius 2 is 1.68 bits per heavy atom. The number of esters is 1. The maximum Gasteiger partial charge on any atom is 0.340 e. The number of carbonyl (C=O) groups excluding carboxylic acids is 2. The number of cyclic esters (lactones) is 1. The fourth-order valence-corrected chi connectivity index (χ4v) is 2.04. The second-order valence-electron chi connectivity index (χ2n) is 4.21. The minimum atomic E-state index is -0.712. The van der Waals surface area contributed by atoms with Gasteiger partial charge < -0.3 is 10.1 Å². The van der Waals surface area contributed by atoms with E-state index in [-0.39, 0.29) is 5.91 Å². The van der Waals surface area contributed by atoms with E-state index in [0.29, 0.717) is 16.7 Å². The summed E-state index contributed by atoms with van der Waals surface area (Å²) in [5, 5.41) is 2.70. The smallest absolute Gasteiger partial charge is 0.340 e. The van der Waals surface area contributed by atoms with Crippen LogP contribution in [0.1, 0.15) is 32.5 Å². The summed E-state index contributed by atoms with van der Waals surface area (Å²) in [6, 6.07) is 15.8. The van der Waals surface area contributed by atoms with Crippen molar-refractivity contribution in [1.29, 1.82) is 0 Å². The first kappa shape index (κ1) is 11.5. The summed E-state index contributed by atoms with van der Waals surface area (Å²) in [7, 11) is 0. The Bertz CT molecular complexity index is 637. The number of benzene rings is 2. The molecule has 19 heavy (non-hydrogen) atoms. The van der Waals surface area contributed by atoms with Crippen molar-refractivity contribution in [3.8, 4) is 0 Å². The standard InChI is InChI=1S/C15H11NO3/c17-13(10-6-2-1-3-7-10)16-14-11-8-4-5-9-12(11)15(18)19-14/h1-9,14H,(H,16,17). The summed E-state index contributed by atoms with van der Waals surface area (Å²) in [4.78, 5) is 23.6. The second kappa shape index (κ2) is 4.57. The number of ether oxygens (including phenoxy) is 1. The van der Waals surface area contributed by atoms with Gasteiger partial charge in [0.2, 0.25) is 6.23 Å². The van der Waals surface area contributed by atoms with Gasteiger partial charge in [-0.15, -0.1) is 0 Å². The average molecular weight is 253 g/mol. The van der Waals surface area contributed by atoms with Gasteiger partial charge in [0.15, 0.2) is 0 Å². The molecule has 1 heterocycles. The van der Waals surface area contributed by atoms with Crippen molar-refractivity contribution in [2.45, 2.75) is 6.23 Å². The predicted molar refractivity (Wildman–Crippen MR) is 68.5 cm³/mol. The highest BCUT2D eigenvalue weighted by molar-refractivity contribution is 5.97. The molecule has 3 rings (SSSR count). The largest absolute Gasteiger partial charge is 0.434 e. The van der Waals surface area contributed by atoms with Gasteiger partial charge in [-0.2, -0.15) is 0 Å². The van der Waals surface area contributed by atoms with E-state index < -0.39 is 12.2 Å². The van der Waals surface area contributed by atoms with Crippen molar-refractivity contribution in [1.82, 2.24) is 5.32 Å². The number of hydrogen-bond acceptors (Lipinski definition) is 3. The number of fused-ring (bicyclic) bond motifs is 1. The van der Waals surface area contributed by atoms with Crippen molar-refractivity contribution in [2.75, 3.05) is 0 Å². The molecule has 1 N–H and O–H groups in total. The third-order valence-electron chi connectivity index (χ3n) is 2.99. The Balaban J connectivity index is 1.83. The Labute approximate surface area is 110 Å². The zero-order chi connectivity index (χ0) is 13.2. The molecule has 1 aliphatic heterocycles. The van der Waals surface area contributed by atoms with Gasteiger partial charge in [0.25, 0.3) is 5.91 Å². The van der Waals surface area contributed by atoms with Gasteiger partial charge in [0, 0.05) is 11.1 Å². The molecule has 4 nitrogen and oxygen atoms in total. The van der Waals surface area contributed by atoms with Gasteiger partial charge in [-0.1, -0.05) is 36.4 Å². The number of rotatable bonds is 2. The monoisotopic (exact) mass is 253 g/mol. The molecular formula is C15H11NO3. The Kier molecular flexibility index (Phi) is 2.76. The van der Waals surface area contributed by atoms with Crippen molar-refractivity contribution >= 4 is 11.9 Å². The second-order valence-corrected chi connectivity index (χ2v) is 4.21. The molecule has 94 valence electrons. The lowest BCUT2D eigenvalue weighted by Crippen LogP contribution is -2.28. The summed E-state index contributed by atoms with van der Waals surface area (Å²) >= 11 is 0. The van der Waals surface area contributed by atoms with Crippen molar-refractivity contribution in [2.24, 2.45) is 0 Å². The van der Waals surface area contributed by atoms with Crippen LogP contribution in [0, 0.1) is 0 Å². The third-order valence-corrected chi connectivity index (χ3v) is 2.99. The average Bonchev–Trinajstić information content (AvgIpc) is 2.77. The molecule has 0 saturated carbocycles. The van der Waals surface area contributed by atoms with Crippen molar-refractivity contribution in [3.63, 3.8) is 0 Å². The Hall–Kier alpha value is -2.62. The highest BCUT2D eigenvalue weighted by Crippen LogP contribution is 2.28. The van der Waals surface area contributed by atoms with Gasteiger partial charge in [0.05, 0.1) is 5.56 Å². The molecule has 0 fully saturated rings. The van der Waals surface area contributed by atoms with Crippen LogP contribution in [0.4, 0.5) is 0 Å². The summed E-state index contributed by atoms with van der Waals surface area (Å²) in [6.45, 7) is 0. The zero-order valence-corrected chi connectivity index (χ0v) is 10.00. The lowest BCUT2D eigenvalue weighted by Gasteiger charge is -2.12. The molecular weight excluding hydrogens is 242 g/mol. The van der Waals surface area contributed by atoms with Crippen LogP contribution < -0.4 is 5.32 Å². The molecule has 2 aromatic carbocycles. The van der Waals surface area contributed by atoms with Crippen LogP contribution in [0.5, 0.6) is 0 Å². The van der Waals surface area contributed by atoms with Crippen LogP contribution in [0.25, 0.3) is 0 Å². The van der Waals surface area contributed by atoms with E-state index in [2.05, 4.69) is 5.32 Å². The zero-order valence-electron chi connectivity index (χ0n) is 10.00. The van der Waals surface area contributed by atoms with E-state index in [1.54, 1.807) is 42.5 Å². The van der Waals surface area contributed by atoms with Gasteiger partial charge in [0.1, 0.15) is 0 Å². The van der Waals surface area contributed by atoms with Gasteiger partial charge in [-0.05, 0) is 18.2 Å². The Morgan fingerprint density at radius 1 is 1.00 bits per heavy atom. The minimum absolute atomic E-state index is 0.268. The van der Waals surface area contributed by atoms with Crippen LogP contribution in [0.2, 0.25) is 0 Å². The maximum absolute atomic E-state index is 12.0. The molecule has 0 saturated heterocycles. The summed E-state index contributed by atoms with van der Waals surface area (Å²) in [5.41, 5.74) is 1.72. The first-order chi connectivity index (χ1) is 9.25. The highest BCUT2D eigenvalue weighted by atomic mass is 16.6. The van der Waals surface area contributed by atoms with E-state index in [0.717, 1.165) is 0 Å². The van der Waals surface area contributed by atoms with E-state index in [1.165, 1.54) is 0 Å². The molecule has 1 unspecified atom stereocenters. The summed E-state index contributed by atoms with van der Waals surface area (Å²) in [6.07, 6.45) is -0.712. The van der Waals surface area contributed by atoms with Crippen LogP contribution in [-0.4, -0.2) is 11.9 Å². The van der Waals surface area contributed by atoms with Gasteiger partial charge in [-0.3, -0.25) is 4.79 Å². The minimum Gasteiger partial charge on any atom is -0.434 e. The number of nitrogens with one attached hydrogen (secondary N) is 1. The lowest BCUT2D eigenvalue weighted by molar-refractivity contribution is 0.0304. The molecule has 0 spiro atoms. The lowest BCUT2D eigenvalue weighted by atomic mass is 10.1. The van der Waals surface area contributed by atoms with Crippen molar-refractivity contribution in [3.05, 3.63) is 71.3 Å². The SMILES string of the molecule is O=C(NC1OC(=O)c2ccccc21)c1ccccc1. The number of hydrogen-bond donors (Lipinski definition) is 1. The fourth-order valence-electron chi connectivity index (χ4n) is 2.04. The van der Waals surface area contributed by atoms with Crippen LogP contribution in [0.15, 0.2) is 54.6 Å². The van der Waals surface area contributed by atoms with Crippen LogP contribution >= 0.6 is 0 Å². The van der Waals surface area contributed by atoms with E-state index in [9.17, 15) is 9.59 Å². The molecule has 2 aromatic rings. The molecule has 0 aliphatic carbocycles.